The van der Waals surface area contributed by atoms with Crippen LogP contribution in [-0.4, -0.2) is 42.8 Å². The second kappa shape index (κ2) is 12.2. The predicted molar refractivity (Wildman–Crippen MR) is 105 cm³/mol. The first-order valence-corrected chi connectivity index (χ1v) is 9.20. The van der Waals surface area contributed by atoms with Crippen molar-refractivity contribution in [2.45, 2.75) is 32.0 Å². The third-order valence-electron chi connectivity index (χ3n) is 3.61. The highest BCUT2D eigenvalue weighted by atomic mass is 35.5. The van der Waals surface area contributed by atoms with E-state index < -0.39 is 12.2 Å². The minimum absolute atomic E-state index is 0. The summed E-state index contributed by atoms with van der Waals surface area (Å²) in [6.07, 6.45) is 0.347. The van der Waals surface area contributed by atoms with Crippen molar-refractivity contribution in [3.05, 3.63) is 58.3 Å². The van der Waals surface area contributed by atoms with Crippen LogP contribution in [0, 0.1) is 0 Å². The van der Waals surface area contributed by atoms with Crippen LogP contribution in [0.5, 0.6) is 0 Å². The monoisotopic (exact) mass is 383 g/mol. The Balaban J connectivity index is 0.00000312. The fourth-order valence-corrected chi connectivity index (χ4v) is 3.10. The van der Waals surface area contributed by atoms with Gasteiger partial charge in [-0.2, -0.15) is 0 Å². The molecule has 0 amide bonds. The van der Waals surface area contributed by atoms with E-state index in [0.29, 0.717) is 18.5 Å². The van der Waals surface area contributed by atoms with E-state index in [1.807, 2.05) is 35.7 Å². The van der Waals surface area contributed by atoms with Crippen molar-refractivity contribution >= 4 is 29.5 Å². The maximum atomic E-state index is 12.7. The Labute approximate surface area is 159 Å². The highest BCUT2D eigenvalue weighted by Gasteiger charge is 2.22. The molecule has 0 spiro atoms. The molecule has 1 heterocycles. The Morgan fingerprint density at radius 2 is 2.00 bits per heavy atom. The van der Waals surface area contributed by atoms with Gasteiger partial charge in [0.15, 0.2) is 5.78 Å². The molecular weight excluding hydrogens is 358 g/mol. The number of hydrogen-bond donors (Lipinski definition) is 2. The topological polar surface area (TPSA) is 58.6 Å². The summed E-state index contributed by atoms with van der Waals surface area (Å²) in [5, 5.41) is 15.1. The van der Waals surface area contributed by atoms with E-state index in [2.05, 4.69) is 12.2 Å². The number of ketones is 1. The Kier molecular flexibility index (Phi) is 10.6. The molecule has 138 valence electrons. The van der Waals surface area contributed by atoms with Crippen molar-refractivity contribution in [2.75, 3.05) is 19.7 Å². The standard InChI is InChI=1S/C19H25NO3S.ClH/c1-2-10-20-13-16(21)14-23-18(12-17-9-6-11-24-17)19(22)15-7-4-3-5-8-15;/h3-9,11,16,18,20-21H,2,10,12-14H2,1H3;1H. The molecule has 0 saturated carbocycles. The number of aliphatic hydroxyl groups is 1. The van der Waals surface area contributed by atoms with E-state index in [9.17, 15) is 9.90 Å². The minimum atomic E-state index is -0.619. The maximum absolute atomic E-state index is 12.7. The third kappa shape index (κ3) is 7.67. The SMILES string of the molecule is CCCNCC(O)COC(Cc1cccs1)C(=O)c1ccccc1.Cl. The molecule has 4 nitrogen and oxygen atoms in total. The van der Waals surface area contributed by atoms with Crippen molar-refractivity contribution in [3.63, 3.8) is 0 Å². The summed E-state index contributed by atoms with van der Waals surface area (Å²) < 4.78 is 5.79. The molecule has 2 rings (SSSR count). The number of hydrogen-bond acceptors (Lipinski definition) is 5. The van der Waals surface area contributed by atoms with Gasteiger partial charge in [-0.3, -0.25) is 4.79 Å². The Morgan fingerprint density at radius 3 is 2.64 bits per heavy atom. The molecular formula is C19H26ClNO3S. The first-order chi connectivity index (χ1) is 11.7. The number of nitrogens with one attached hydrogen (secondary N) is 1. The molecule has 2 N–H and O–H groups in total. The van der Waals surface area contributed by atoms with Gasteiger partial charge in [-0.15, -0.1) is 23.7 Å². The van der Waals surface area contributed by atoms with Crippen LogP contribution in [0.3, 0.4) is 0 Å². The average molecular weight is 384 g/mol. The summed E-state index contributed by atoms with van der Waals surface area (Å²) in [5.41, 5.74) is 0.637. The number of rotatable bonds is 11. The van der Waals surface area contributed by atoms with E-state index >= 15 is 0 Å². The van der Waals surface area contributed by atoms with Gasteiger partial charge in [0.2, 0.25) is 0 Å². The molecule has 6 heteroatoms. The fraction of sp³-hybridized carbons (Fsp3) is 0.421. The Bertz CT molecular complexity index is 592. The van der Waals surface area contributed by atoms with Crippen LogP contribution in [0.4, 0.5) is 0 Å². The molecule has 0 aliphatic carbocycles. The van der Waals surface area contributed by atoms with E-state index in [1.54, 1.807) is 23.5 Å². The smallest absolute Gasteiger partial charge is 0.191 e. The van der Waals surface area contributed by atoms with Gasteiger partial charge in [0.1, 0.15) is 6.10 Å². The molecule has 0 bridgehead atoms. The molecule has 0 fully saturated rings. The third-order valence-corrected chi connectivity index (χ3v) is 4.51. The van der Waals surface area contributed by atoms with Crippen molar-refractivity contribution in [1.29, 1.82) is 0 Å². The predicted octanol–water partition coefficient (Wildman–Crippen LogP) is 3.34. The van der Waals surface area contributed by atoms with Gasteiger partial charge in [-0.1, -0.05) is 43.3 Å². The van der Waals surface area contributed by atoms with Gasteiger partial charge in [0.25, 0.3) is 0 Å². The molecule has 0 aliphatic rings. The van der Waals surface area contributed by atoms with E-state index in [-0.39, 0.29) is 24.8 Å². The lowest BCUT2D eigenvalue weighted by Gasteiger charge is -2.19. The Hall–Kier alpha value is -1.24. The summed E-state index contributed by atoms with van der Waals surface area (Å²) in [6, 6.07) is 13.1. The first-order valence-electron chi connectivity index (χ1n) is 8.32. The molecule has 0 aliphatic heterocycles. The number of aliphatic hydroxyl groups excluding tert-OH is 1. The summed E-state index contributed by atoms with van der Waals surface area (Å²) in [5.74, 6) is -0.0438. The van der Waals surface area contributed by atoms with Crippen molar-refractivity contribution in [3.8, 4) is 0 Å². The number of thiophene rings is 1. The molecule has 1 aromatic carbocycles. The molecule has 0 saturated heterocycles. The zero-order valence-electron chi connectivity index (χ0n) is 14.4. The molecule has 0 radical (unpaired) electrons. The lowest BCUT2D eigenvalue weighted by atomic mass is 10.0. The van der Waals surface area contributed by atoms with E-state index in [4.69, 9.17) is 4.74 Å². The van der Waals surface area contributed by atoms with Crippen LogP contribution in [0.1, 0.15) is 28.6 Å². The van der Waals surface area contributed by atoms with Crippen molar-refractivity contribution in [1.82, 2.24) is 5.32 Å². The van der Waals surface area contributed by atoms with Gasteiger partial charge >= 0.3 is 0 Å². The van der Waals surface area contributed by atoms with Gasteiger partial charge in [0, 0.05) is 23.4 Å². The quantitative estimate of drug-likeness (QED) is 0.461. The van der Waals surface area contributed by atoms with Gasteiger partial charge < -0.3 is 15.2 Å². The van der Waals surface area contributed by atoms with E-state index in [1.165, 1.54) is 0 Å². The second-order valence-electron chi connectivity index (χ2n) is 5.69. The van der Waals surface area contributed by atoms with Crippen molar-refractivity contribution in [2.24, 2.45) is 0 Å². The lowest BCUT2D eigenvalue weighted by molar-refractivity contribution is -0.00138. The number of carbonyl (C=O) groups is 1. The number of carbonyl (C=O) groups excluding carboxylic acids is 1. The minimum Gasteiger partial charge on any atom is -0.389 e. The van der Waals surface area contributed by atoms with Crippen LogP contribution in [0.25, 0.3) is 0 Å². The largest absolute Gasteiger partial charge is 0.389 e. The van der Waals surface area contributed by atoms with E-state index in [0.717, 1.165) is 17.8 Å². The zero-order chi connectivity index (χ0) is 17.2. The number of benzene rings is 1. The van der Waals surface area contributed by atoms with Gasteiger partial charge in [0.05, 0.1) is 12.7 Å². The molecule has 1 aromatic heterocycles. The van der Waals surface area contributed by atoms with Gasteiger partial charge in [-0.25, -0.2) is 0 Å². The summed E-state index contributed by atoms with van der Waals surface area (Å²) >= 11 is 1.61. The highest BCUT2D eigenvalue weighted by Crippen LogP contribution is 2.16. The molecule has 2 aromatic rings. The highest BCUT2D eigenvalue weighted by molar-refractivity contribution is 7.09. The van der Waals surface area contributed by atoms with Crippen LogP contribution >= 0.6 is 23.7 Å². The average Bonchev–Trinajstić information content (AvgIpc) is 3.12. The normalized spacial score (nSPS) is 13.0. The summed E-state index contributed by atoms with van der Waals surface area (Å²) in [4.78, 5) is 13.8. The van der Waals surface area contributed by atoms with Crippen LogP contribution < -0.4 is 5.32 Å². The second-order valence-corrected chi connectivity index (χ2v) is 6.73. The summed E-state index contributed by atoms with van der Waals surface area (Å²) in [7, 11) is 0. The molecule has 2 atom stereocenters. The van der Waals surface area contributed by atoms with Crippen molar-refractivity contribution < 1.29 is 14.6 Å². The summed E-state index contributed by atoms with van der Waals surface area (Å²) in [6.45, 7) is 3.55. The number of Topliss-reactive ketones (excluding diaryl/α,β-unsaturated/α-hetero) is 1. The Morgan fingerprint density at radius 1 is 1.24 bits per heavy atom. The van der Waals surface area contributed by atoms with Crippen LogP contribution in [0.2, 0.25) is 0 Å². The fourth-order valence-electron chi connectivity index (χ4n) is 2.36. The maximum Gasteiger partial charge on any atom is 0.191 e. The van der Waals surface area contributed by atoms with Gasteiger partial charge in [-0.05, 0) is 24.4 Å². The number of ether oxygens (including phenoxy) is 1. The number of halogens is 1. The van der Waals surface area contributed by atoms with Crippen LogP contribution in [0.15, 0.2) is 47.8 Å². The molecule has 2 unspecified atom stereocenters. The van der Waals surface area contributed by atoms with Crippen LogP contribution in [-0.2, 0) is 11.2 Å². The molecule has 25 heavy (non-hydrogen) atoms. The zero-order valence-corrected chi connectivity index (χ0v) is 16.0. The lowest BCUT2D eigenvalue weighted by Crippen LogP contribution is -2.35. The first kappa shape index (κ1) is 21.8.